The third-order valence-electron chi connectivity index (χ3n) is 4.57. The lowest BCUT2D eigenvalue weighted by Gasteiger charge is -2.33. The third-order valence-corrected chi connectivity index (χ3v) is 4.57. The van der Waals surface area contributed by atoms with Gasteiger partial charge in [0.05, 0.1) is 6.10 Å². The molecule has 0 aromatic heterocycles. The fourth-order valence-electron chi connectivity index (χ4n) is 2.90. The van der Waals surface area contributed by atoms with Crippen LogP contribution in [-0.4, -0.2) is 42.7 Å². The molecule has 0 bridgehead atoms. The molecule has 2 rings (SSSR count). The van der Waals surface area contributed by atoms with E-state index in [-0.39, 0.29) is 0 Å². The number of aliphatic hydroxyl groups excluding tert-OH is 1. The van der Waals surface area contributed by atoms with Crippen LogP contribution in [0.5, 0.6) is 0 Å². The van der Waals surface area contributed by atoms with E-state index in [2.05, 4.69) is 43.2 Å². The van der Waals surface area contributed by atoms with Crippen molar-refractivity contribution < 1.29 is 5.11 Å². The highest BCUT2D eigenvalue weighted by Gasteiger charge is 2.22. The minimum Gasteiger partial charge on any atom is -0.387 e. The lowest BCUT2D eigenvalue weighted by molar-refractivity contribution is 0.150. The van der Waals surface area contributed by atoms with Crippen LogP contribution in [-0.2, 0) is 0 Å². The van der Waals surface area contributed by atoms with Gasteiger partial charge in [0.1, 0.15) is 0 Å². The molecule has 1 aromatic carbocycles. The minimum atomic E-state index is -0.413. The number of nitrogens with one attached hydrogen (secondary N) is 1. The summed E-state index contributed by atoms with van der Waals surface area (Å²) in [4.78, 5) is 2.39. The highest BCUT2D eigenvalue weighted by molar-refractivity contribution is 5.23. The number of rotatable bonds is 5. The molecule has 2 atom stereocenters. The van der Waals surface area contributed by atoms with E-state index in [0.717, 1.165) is 11.5 Å². The van der Waals surface area contributed by atoms with E-state index in [9.17, 15) is 5.11 Å². The van der Waals surface area contributed by atoms with Crippen molar-refractivity contribution in [3.05, 3.63) is 35.4 Å². The zero-order chi connectivity index (χ0) is 14.5. The highest BCUT2D eigenvalue weighted by atomic mass is 16.3. The summed E-state index contributed by atoms with van der Waals surface area (Å²) < 4.78 is 0. The van der Waals surface area contributed by atoms with Crippen LogP contribution in [0.25, 0.3) is 0 Å². The fraction of sp³-hybridized carbons (Fsp3) is 0.647. The second-order valence-electron chi connectivity index (χ2n) is 6.26. The predicted octanol–water partition coefficient (Wildman–Crippen LogP) is 2.35. The monoisotopic (exact) mass is 276 g/mol. The molecular weight excluding hydrogens is 248 g/mol. The van der Waals surface area contributed by atoms with Gasteiger partial charge in [0.2, 0.25) is 0 Å². The van der Waals surface area contributed by atoms with Crippen LogP contribution < -0.4 is 5.32 Å². The molecule has 3 heteroatoms. The molecule has 1 fully saturated rings. The molecule has 0 saturated carbocycles. The molecule has 3 nitrogen and oxygen atoms in total. The Morgan fingerprint density at radius 3 is 2.45 bits per heavy atom. The molecule has 1 aliphatic rings. The van der Waals surface area contributed by atoms with Gasteiger partial charge in [0.15, 0.2) is 0 Å². The van der Waals surface area contributed by atoms with Gasteiger partial charge in [0.25, 0.3) is 0 Å². The van der Waals surface area contributed by atoms with Crippen LogP contribution in [0.1, 0.15) is 37.0 Å². The summed E-state index contributed by atoms with van der Waals surface area (Å²) in [5.74, 6) is 0.733. The molecule has 0 amide bonds. The van der Waals surface area contributed by atoms with Crippen molar-refractivity contribution >= 4 is 0 Å². The second-order valence-corrected chi connectivity index (χ2v) is 6.26. The predicted molar refractivity (Wildman–Crippen MR) is 83.8 cm³/mol. The second kappa shape index (κ2) is 7.21. The summed E-state index contributed by atoms with van der Waals surface area (Å²) in [6.45, 7) is 7.33. The van der Waals surface area contributed by atoms with Gasteiger partial charge in [0, 0.05) is 12.6 Å². The van der Waals surface area contributed by atoms with E-state index in [1.807, 2.05) is 12.1 Å². The molecule has 112 valence electrons. The van der Waals surface area contributed by atoms with Gasteiger partial charge >= 0.3 is 0 Å². The Hall–Kier alpha value is -0.900. The zero-order valence-electron chi connectivity index (χ0n) is 13.0. The van der Waals surface area contributed by atoms with Gasteiger partial charge in [-0.15, -0.1) is 0 Å². The summed E-state index contributed by atoms with van der Waals surface area (Å²) in [7, 11) is 2.19. The van der Waals surface area contributed by atoms with Crippen LogP contribution in [0.4, 0.5) is 0 Å². The van der Waals surface area contributed by atoms with Crippen molar-refractivity contribution in [3.8, 4) is 0 Å². The number of nitrogens with zero attached hydrogens (tertiary/aromatic N) is 1. The minimum absolute atomic E-state index is 0.413. The number of likely N-dealkylation sites (tertiary alicyclic amines) is 1. The van der Waals surface area contributed by atoms with Crippen LogP contribution >= 0.6 is 0 Å². The third kappa shape index (κ3) is 4.30. The molecule has 1 heterocycles. The molecule has 0 spiro atoms. The van der Waals surface area contributed by atoms with Gasteiger partial charge in [-0.1, -0.05) is 29.8 Å². The molecule has 0 radical (unpaired) electrons. The van der Waals surface area contributed by atoms with Crippen molar-refractivity contribution in [1.29, 1.82) is 0 Å². The van der Waals surface area contributed by atoms with Crippen LogP contribution in [0.3, 0.4) is 0 Å². The van der Waals surface area contributed by atoms with Crippen LogP contribution in [0.15, 0.2) is 24.3 Å². The Balaban J connectivity index is 1.77. The van der Waals surface area contributed by atoms with Crippen molar-refractivity contribution in [2.75, 3.05) is 26.7 Å². The number of benzene rings is 1. The SMILES string of the molecule is Cc1ccc(C(O)CNC(C)C2CCN(C)CC2)cc1. The highest BCUT2D eigenvalue weighted by Crippen LogP contribution is 2.20. The van der Waals surface area contributed by atoms with Crippen LogP contribution in [0, 0.1) is 12.8 Å². The number of hydrogen-bond acceptors (Lipinski definition) is 3. The zero-order valence-corrected chi connectivity index (χ0v) is 13.0. The summed E-state index contributed by atoms with van der Waals surface area (Å²) in [5.41, 5.74) is 2.23. The van der Waals surface area contributed by atoms with Crippen molar-refractivity contribution in [3.63, 3.8) is 0 Å². The first-order chi connectivity index (χ1) is 9.56. The number of aryl methyl sites for hydroxylation is 1. The van der Waals surface area contributed by atoms with Crippen molar-refractivity contribution in [1.82, 2.24) is 10.2 Å². The van der Waals surface area contributed by atoms with E-state index in [1.54, 1.807) is 0 Å². The number of piperidine rings is 1. The first-order valence-corrected chi connectivity index (χ1v) is 7.73. The number of aliphatic hydroxyl groups is 1. The maximum Gasteiger partial charge on any atom is 0.0914 e. The Morgan fingerprint density at radius 2 is 1.85 bits per heavy atom. The topological polar surface area (TPSA) is 35.5 Å². The van der Waals surface area contributed by atoms with Gasteiger partial charge in [-0.3, -0.25) is 0 Å². The Kier molecular flexibility index (Phi) is 5.58. The summed E-state index contributed by atoms with van der Waals surface area (Å²) >= 11 is 0. The number of hydrogen-bond donors (Lipinski definition) is 2. The van der Waals surface area contributed by atoms with E-state index in [1.165, 1.54) is 31.5 Å². The van der Waals surface area contributed by atoms with E-state index >= 15 is 0 Å². The van der Waals surface area contributed by atoms with Crippen molar-refractivity contribution in [2.24, 2.45) is 5.92 Å². The molecule has 2 unspecified atom stereocenters. The molecule has 1 aromatic rings. The lowest BCUT2D eigenvalue weighted by atomic mass is 9.90. The van der Waals surface area contributed by atoms with Crippen molar-refractivity contribution in [2.45, 2.75) is 38.8 Å². The normalized spacial score (nSPS) is 20.8. The fourth-order valence-corrected chi connectivity index (χ4v) is 2.90. The standard InChI is InChI=1S/C17H28N2O/c1-13-4-6-16(7-5-13)17(20)12-18-14(2)15-8-10-19(3)11-9-15/h4-7,14-15,17-18,20H,8-12H2,1-3H3. The largest absolute Gasteiger partial charge is 0.387 e. The quantitative estimate of drug-likeness (QED) is 0.866. The molecular formula is C17H28N2O. The molecule has 2 N–H and O–H groups in total. The first-order valence-electron chi connectivity index (χ1n) is 7.73. The van der Waals surface area contributed by atoms with Gasteiger partial charge in [-0.25, -0.2) is 0 Å². The van der Waals surface area contributed by atoms with Gasteiger partial charge < -0.3 is 15.3 Å². The Morgan fingerprint density at radius 1 is 1.25 bits per heavy atom. The summed E-state index contributed by atoms with van der Waals surface area (Å²) in [5, 5.41) is 13.7. The first kappa shape index (κ1) is 15.5. The van der Waals surface area contributed by atoms with E-state index < -0.39 is 6.10 Å². The average Bonchev–Trinajstić information content (AvgIpc) is 2.46. The average molecular weight is 276 g/mol. The maximum absolute atomic E-state index is 10.2. The molecule has 0 aliphatic carbocycles. The Bertz CT molecular complexity index is 396. The van der Waals surface area contributed by atoms with Gasteiger partial charge in [-0.2, -0.15) is 0 Å². The molecule has 20 heavy (non-hydrogen) atoms. The smallest absolute Gasteiger partial charge is 0.0914 e. The Labute approximate surface area is 123 Å². The summed E-state index contributed by atoms with van der Waals surface area (Å²) in [6.07, 6.45) is 2.10. The van der Waals surface area contributed by atoms with Crippen LogP contribution in [0.2, 0.25) is 0 Å². The summed E-state index contributed by atoms with van der Waals surface area (Å²) in [6, 6.07) is 8.62. The van der Waals surface area contributed by atoms with E-state index in [4.69, 9.17) is 0 Å². The molecule has 1 aliphatic heterocycles. The maximum atomic E-state index is 10.2. The molecule has 1 saturated heterocycles. The lowest BCUT2D eigenvalue weighted by Crippen LogP contribution is -2.41. The van der Waals surface area contributed by atoms with E-state index in [0.29, 0.717) is 12.6 Å². The van der Waals surface area contributed by atoms with Gasteiger partial charge in [-0.05, 0) is 58.3 Å².